The van der Waals surface area contributed by atoms with E-state index in [1.165, 1.54) is 24.0 Å². The number of hydrogen-bond donors (Lipinski definition) is 0. The molecule has 0 bridgehead atoms. The van der Waals surface area contributed by atoms with Gasteiger partial charge in [0.2, 0.25) is 0 Å². The summed E-state index contributed by atoms with van der Waals surface area (Å²) in [6, 6.07) is 22.0. The maximum absolute atomic E-state index is 6.00. The van der Waals surface area contributed by atoms with E-state index in [9.17, 15) is 0 Å². The Kier molecular flexibility index (Phi) is 7.09. The molecular formula is C25H35NO. The van der Waals surface area contributed by atoms with Crippen molar-refractivity contribution in [2.45, 2.75) is 58.1 Å². The topological polar surface area (TPSA) is 12.5 Å². The van der Waals surface area contributed by atoms with Crippen molar-refractivity contribution < 1.29 is 4.74 Å². The largest absolute Gasteiger partial charge is 0.376 e. The second-order valence-corrected chi connectivity index (χ2v) is 8.52. The predicted molar refractivity (Wildman–Crippen MR) is 114 cm³/mol. The van der Waals surface area contributed by atoms with Crippen molar-refractivity contribution in [3.63, 3.8) is 0 Å². The molecule has 2 aromatic carbocycles. The summed E-state index contributed by atoms with van der Waals surface area (Å²) in [5.41, 5.74) is 2.91. The first-order chi connectivity index (χ1) is 13.1. The van der Waals surface area contributed by atoms with Gasteiger partial charge in [0.05, 0.1) is 5.60 Å². The average Bonchev–Trinajstić information content (AvgIpc) is 2.68. The molecule has 1 fully saturated rings. The monoisotopic (exact) mass is 365 g/mol. The Morgan fingerprint density at radius 3 is 2.33 bits per heavy atom. The van der Waals surface area contributed by atoms with Gasteiger partial charge in [-0.2, -0.15) is 0 Å². The van der Waals surface area contributed by atoms with Crippen molar-refractivity contribution in [3.8, 4) is 0 Å². The molecule has 146 valence electrons. The highest BCUT2D eigenvalue weighted by atomic mass is 16.5. The number of benzene rings is 2. The molecule has 0 saturated carbocycles. The SMILES string of the molecule is CCN(CCC(c1ccccc1)C1CCOC(C)(C)C1)Cc1ccccc1. The van der Waals surface area contributed by atoms with Gasteiger partial charge in [-0.25, -0.2) is 0 Å². The molecule has 2 aromatic rings. The summed E-state index contributed by atoms with van der Waals surface area (Å²) in [5, 5.41) is 0. The minimum atomic E-state index is 0.00439. The quantitative estimate of drug-likeness (QED) is 0.578. The van der Waals surface area contributed by atoms with Gasteiger partial charge in [-0.3, -0.25) is 4.90 Å². The molecular weight excluding hydrogens is 330 g/mol. The third-order valence-electron chi connectivity index (χ3n) is 5.98. The fourth-order valence-electron chi connectivity index (χ4n) is 4.51. The molecule has 2 atom stereocenters. The lowest BCUT2D eigenvalue weighted by atomic mass is 9.75. The van der Waals surface area contributed by atoms with Crippen LogP contribution in [-0.2, 0) is 11.3 Å². The van der Waals surface area contributed by atoms with Crippen molar-refractivity contribution in [1.29, 1.82) is 0 Å². The van der Waals surface area contributed by atoms with E-state index in [1.807, 2.05) is 0 Å². The van der Waals surface area contributed by atoms with E-state index in [-0.39, 0.29) is 5.60 Å². The van der Waals surface area contributed by atoms with E-state index in [2.05, 4.69) is 86.3 Å². The molecule has 2 nitrogen and oxygen atoms in total. The Labute approximate surface area is 165 Å². The first-order valence-corrected chi connectivity index (χ1v) is 10.5. The van der Waals surface area contributed by atoms with Gasteiger partial charge in [-0.1, -0.05) is 67.6 Å². The Morgan fingerprint density at radius 1 is 1.04 bits per heavy atom. The van der Waals surface area contributed by atoms with Gasteiger partial charge in [0, 0.05) is 13.2 Å². The van der Waals surface area contributed by atoms with Crippen LogP contribution in [0.25, 0.3) is 0 Å². The van der Waals surface area contributed by atoms with Crippen molar-refractivity contribution in [3.05, 3.63) is 71.8 Å². The average molecular weight is 366 g/mol. The number of nitrogens with zero attached hydrogens (tertiary/aromatic N) is 1. The lowest BCUT2D eigenvalue weighted by molar-refractivity contribution is -0.0775. The molecule has 0 N–H and O–H groups in total. The highest BCUT2D eigenvalue weighted by Gasteiger charge is 2.34. The predicted octanol–water partition coefficient (Wildman–Crippen LogP) is 5.89. The van der Waals surface area contributed by atoms with Gasteiger partial charge in [-0.05, 0) is 69.2 Å². The molecule has 1 saturated heterocycles. The van der Waals surface area contributed by atoms with Crippen LogP contribution in [0, 0.1) is 5.92 Å². The molecule has 0 radical (unpaired) electrons. The number of ether oxygens (including phenoxy) is 1. The van der Waals surface area contributed by atoms with E-state index in [1.54, 1.807) is 0 Å². The lowest BCUT2D eigenvalue weighted by Crippen LogP contribution is -2.37. The Morgan fingerprint density at radius 2 is 1.70 bits per heavy atom. The molecule has 0 amide bonds. The highest BCUT2D eigenvalue weighted by Crippen LogP contribution is 2.40. The zero-order valence-electron chi connectivity index (χ0n) is 17.2. The molecule has 1 aliphatic heterocycles. The fraction of sp³-hybridized carbons (Fsp3) is 0.520. The number of rotatable bonds is 8. The van der Waals surface area contributed by atoms with E-state index in [4.69, 9.17) is 4.74 Å². The standard InChI is InChI=1S/C25H35NO/c1-4-26(20-21-11-7-5-8-12-21)17-15-24(22-13-9-6-10-14-22)23-16-18-27-25(2,3)19-23/h5-14,23-24H,4,15-20H2,1-3H3. The summed E-state index contributed by atoms with van der Waals surface area (Å²) >= 11 is 0. The zero-order valence-corrected chi connectivity index (χ0v) is 17.2. The minimum Gasteiger partial charge on any atom is -0.376 e. The van der Waals surface area contributed by atoms with E-state index in [0.29, 0.717) is 11.8 Å². The van der Waals surface area contributed by atoms with Gasteiger partial charge in [-0.15, -0.1) is 0 Å². The van der Waals surface area contributed by atoms with Crippen molar-refractivity contribution in [2.24, 2.45) is 5.92 Å². The molecule has 0 spiro atoms. The van der Waals surface area contributed by atoms with Gasteiger partial charge < -0.3 is 4.74 Å². The molecule has 1 heterocycles. The maximum atomic E-state index is 6.00. The molecule has 3 rings (SSSR count). The van der Waals surface area contributed by atoms with Crippen LogP contribution in [0.15, 0.2) is 60.7 Å². The van der Waals surface area contributed by atoms with Crippen LogP contribution in [0.4, 0.5) is 0 Å². The van der Waals surface area contributed by atoms with Gasteiger partial charge in [0.15, 0.2) is 0 Å². The number of hydrogen-bond acceptors (Lipinski definition) is 2. The Bertz CT molecular complexity index is 667. The second-order valence-electron chi connectivity index (χ2n) is 8.52. The third-order valence-corrected chi connectivity index (χ3v) is 5.98. The minimum absolute atomic E-state index is 0.00439. The van der Waals surface area contributed by atoms with Crippen LogP contribution in [-0.4, -0.2) is 30.2 Å². The Hall–Kier alpha value is -1.64. The lowest BCUT2D eigenvalue weighted by Gasteiger charge is -2.40. The molecule has 0 aliphatic carbocycles. The van der Waals surface area contributed by atoms with Crippen LogP contribution < -0.4 is 0 Å². The smallest absolute Gasteiger partial charge is 0.0629 e. The molecule has 2 heteroatoms. The first-order valence-electron chi connectivity index (χ1n) is 10.5. The summed E-state index contributed by atoms with van der Waals surface area (Å²) in [6.07, 6.45) is 3.54. The first kappa shape index (κ1) is 20.1. The van der Waals surface area contributed by atoms with Crippen LogP contribution in [0.2, 0.25) is 0 Å². The van der Waals surface area contributed by atoms with Crippen molar-refractivity contribution in [1.82, 2.24) is 4.90 Å². The fourth-order valence-corrected chi connectivity index (χ4v) is 4.51. The van der Waals surface area contributed by atoms with E-state index >= 15 is 0 Å². The van der Waals surface area contributed by atoms with Gasteiger partial charge >= 0.3 is 0 Å². The molecule has 2 unspecified atom stereocenters. The normalized spacial score (nSPS) is 20.5. The van der Waals surface area contributed by atoms with Crippen LogP contribution >= 0.6 is 0 Å². The van der Waals surface area contributed by atoms with Crippen LogP contribution in [0.3, 0.4) is 0 Å². The molecule has 27 heavy (non-hydrogen) atoms. The van der Waals surface area contributed by atoms with Crippen LogP contribution in [0.5, 0.6) is 0 Å². The third kappa shape index (κ3) is 5.92. The molecule has 0 aromatic heterocycles. The molecule has 1 aliphatic rings. The summed E-state index contributed by atoms with van der Waals surface area (Å²) in [5.74, 6) is 1.31. The zero-order chi connectivity index (χ0) is 19.1. The van der Waals surface area contributed by atoms with Gasteiger partial charge in [0.25, 0.3) is 0 Å². The maximum Gasteiger partial charge on any atom is 0.0629 e. The Balaban J connectivity index is 1.69. The van der Waals surface area contributed by atoms with Crippen molar-refractivity contribution in [2.75, 3.05) is 19.7 Å². The highest BCUT2D eigenvalue weighted by molar-refractivity contribution is 5.21. The van der Waals surface area contributed by atoms with Crippen molar-refractivity contribution >= 4 is 0 Å². The van der Waals surface area contributed by atoms with E-state index < -0.39 is 0 Å². The van der Waals surface area contributed by atoms with Gasteiger partial charge in [0.1, 0.15) is 0 Å². The second kappa shape index (κ2) is 9.52. The van der Waals surface area contributed by atoms with E-state index in [0.717, 1.165) is 32.7 Å². The summed E-state index contributed by atoms with van der Waals surface area (Å²) < 4.78 is 6.00. The summed E-state index contributed by atoms with van der Waals surface area (Å²) in [6.45, 7) is 10.9. The summed E-state index contributed by atoms with van der Waals surface area (Å²) in [7, 11) is 0. The van der Waals surface area contributed by atoms with Crippen LogP contribution in [0.1, 0.15) is 57.1 Å². The summed E-state index contributed by atoms with van der Waals surface area (Å²) in [4.78, 5) is 2.58.